The van der Waals surface area contributed by atoms with Gasteiger partial charge in [0.05, 0.1) is 19.3 Å². The van der Waals surface area contributed by atoms with Crippen molar-refractivity contribution in [3.8, 4) is 0 Å². The summed E-state index contributed by atoms with van der Waals surface area (Å²) in [4.78, 5) is 40.1. The van der Waals surface area contributed by atoms with Crippen molar-refractivity contribution >= 4 is 23.2 Å². The molecule has 0 radical (unpaired) electrons. The van der Waals surface area contributed by atoms with Gasteiger partial charge in [-0.2, -0.15) is 0 Å². The lowest BCUT2D eigenvalue weighted by atomic mass is 9.84. The lowest BCUT2D eigenvalue weighted by molar-refractivity contribution is -0.122. The van der Waals surface area contributed by atoms with Crippen LogP contribution in [0.4, 0.5) is 5.69 Å². The molecule has 1 fully saturated rings. The van der Waals surface area contributed by atoms with Crippen molar-refractivity contribution in [1.82, 2.24) is 4.90 Å². The average Bonchev–Trinajstić information content (AvgIpc) is 2.72. The van der Waals surface area contributed by atoms with Crippen molar-refractivity contribution in [3.05, 3.63) is 64.7 Å². The van der Waals surface area contributed by atoms with Crippen LogP contribution in [0, 0.1) is 0 Å². The van der Waals surface area contributed by atoms with Gasteiger partial charge in [-0.05, 0) is 25.1 Å². The van der Waals surface area contributed by atoms with Crippen molar-refractivity contribution in [2.75, 3.05) is 31.6 Å². The van der Waals surface area contributed by atoms with E-state index in [9.17, 15) is 14.4 Å². The molecule has 1 N–H and O–H groups in total. The molecule has 138 valence electrons. The number of ketones is 2. The minimum Gasteiger partial charge on any atom is -0.379 e. The van der Waals surface area contributed by atoms with Crippen molar-refractivity contribution < 1.29 is 19.1 Å². The van der Waals surface area contributed by atoms with Gasteiger partial charge in [0.15, 0.2) is 11.6 Å². The highest BCUT2D eigenvalue weighted by molar-refractivity contribution is 6.28. The fourth-order valence-corrected chi connectivity index (χ4v) is 3.55. The summed E-state index contributed by atoms with van der Waals surface area (Å²) in [7, 11) is 0. The quantitative estimate of drug-likeness (QED) is 0.770. The predicted molar refractivity (Wildman–Crippen MR) is 100 cm³/mol. The van der Waals surface area contributed by atoms with Crippen LogP contribution < -0.4 is 5.32 Å². The van der Waals surface area contributed by atoms with E-state index in [1.54, 1.807) is 42.5 Å². The SMILES string of the molecule is C[C@@H](C(=O)Nc1ccc2c(c1)C(=O)c1ccccc1C2=O)N1CCOCC1. The fraction of sp³-hybridized carbons (Fsp3) is 0.286. The Morgan fingerprint density at radius 1 is 0.963 bits per heavy atom. The van der Waals surface area contributed by atoms with Gasteiger partial charge in [0.1, 0.15) is 0 Å². The van der Waals surface area contributed by atoms with Crippen LogP contribution in [0.3, 0.4) is 0 Å². The number of morpholine rings is 1. The topological polar surface area (TPSA) is 75.7 Å². The molecule has 1 heterocycles. The summed E-state index contributed by atoms with van der Waals surface area (Å²) >= 11 is 0. The molecule has 27 heavy (non-hydrogen) atoms. The van der Waals surface area contributed by atoms with E-state index in [0.29, 0.717) is 54.2 Å². The number of nitrogens with one attached hydrogen (secondary N) is 1. The van der Waals surface area contributed by atoms with Gasteiger partial charge in [-0.25, -0.2) is 0 Å². The molecule has 0 aromatic heterocycles. The second-order valence-electron chi connectivity index (χ2n) is 6.78. The molecule has 1 aliphatic carbocycles. The number of carbonyl (C=O) groups is 3. The van der Waals surface area contributed by atoms with E-state index >= 15 is 0 Å². The third-order valence-electron chi connectivity index (χ3n) is 5.17. The first-order valence-corrected chi connectivity index (χ1v) is 9.01. The Labute approximate surface area is 157 Å². The van der Waals surface area contributed by atoms with Gasteiger partial charge >= 0.3 is 0 Å². The Kier molecular flexibility index (Phi) is 4.59. The Hall–Kier alpha value is -2.83. The normalized spacial score (nSPS) is 17.8. The molecule has 1 aliphatic heterocycles. The standard InChI is InChI=1S/C21H20N2O4/c1-13(23-8-10-27-11-9-23)21(26)22-14-6-7-17-18(12-14)20(25)16-5-3-2-4-15(16)19(17)24/h2-7,12-13H,8-11H2,1H3,(H,22,26)/t13-/m0/s1. The Morgan fingerprint density at radius 3 is 2.22 bits per heavy atom. The molecule has 0 saturated carbocycles. The molecule has 1 amide bonds. The zero-order valence-corrected chi connectivity index (χ0v) is 15.0. The summed E-state index contributed by atoms with van der Waals surface area (Å²) in [5.41, 5.74) is 2.04. The van der Waals surface area contributed by atoms with E-state index in [4.69, 9.17) is 4.74 Å². The fourth-order valence-electron chi connectivity index (χ4n) is 3.55. The van der Waals surface area contributed by atoms with Gasteiger partial charge in [-0.15, -0.1) is 0 Å². The maximum atomic E-state index is 12.8. The summed E-state index contributed by atoms with van der Waals surface area (Å²) in [5, 5.41) is 2.86. The Morgan fingerprint density at radius 2 is 1.56 bits per heavy atom. The minimum absolute atomic E-state index is 0.146. The number of nitrogens with zero attached hydrogens (tertiary/aromatic N) is 1. The number of amides is 1. The number of hydrogen-bond donors (Lipinski definition) is 1. The van der Waals surface area contributed by atoms with Crippen molar-refractivity contribution in [2.45, 2.75) is 13.0 Å². The number of fused-ring (bicyclic) bond motifs is 2. The zero-order chi connectivity index (χ0) is 19.0. The molecule has 0 unspecified atom stereocenters. The van der Waals surface area contributed by atoms with Crippen LogP contribution in [0.15, 0.2) is 42.5 Å². The lowest BCUT2D eigenvalue weighted by Gasteiger charge is -2.31. The molecule has 0 bridgehead atoms. The Bertz CT molecular complexity index is 932. The molecule has 4 rings (SSSR count). The number of ether oxygens (including phenoxy) is 1. The minimum atomic E-state index is -0.303. The van der Waals surface area contributed by atoms with Crippen molar-refractivity contribution in [2.24, 2.45) is 0 Å². The highest BCUT2D eigenvalue weighted by Gasteiger charge is 2.30. The molecule has 2 aromatic rings. The largest absolute Gasteiger partial charge is 0.379 e. The van der Waals surface area contributed by atoms with E-state index < -0.39 is 0 Å². The van der Waals surface area contributed by atoms with Gasteiger partial charge < -0.3 is 10.1 Å². The zero-order valence-electron chi connectivity index (χ0n) is 15.0. The smallest absolute Gasteiger partial charge is 0.241 e. The molecular formula is C21H20N2O4. The van der Waals surface area contributed by atoms with Crippen LogP contribution in [-0.2, 0) is 9.53 Å². The van der Waals surface area contributed by atoms with Crippen LogP contribution in [-0.4, -0.2) is 54.7 Å². The summed E-state index contributed by atoms with van der Waals surface area (Å²) < 4.78 is 5.32. The highest BCUT2D eigenvalue weighted by Crippen LogP contribution is 2.29. The third-order valence-corrected chi connectivity index (χ3v) is 5.17. The van der Waals surface area contributed by atoms with Crippen LogP contribution in [0.1, 0.15) is 38.8 Å². The molecule has 6 heteroatoms. The second kappa shape index (κ2) is 7.06. The van der Waals surface area contributed by atoms with E-state index in [1.165, 1.54) is 0 Å². The van der Waals surface area contributed by atoms with Gasteiger partial charge in [0.2, 0.25) is 5.91 Å². The summed E-state index contributed by atoms with van der Waals surface area (Å²) in [6, 6.07) is 11.4. The molecule has 0 spiro atoms. The van der Waals surface area contributed by atoms with Crippen LogP contribution in [0.5, 0.6) is 0 Å². The van der Waals surface area contributed by atoms with Crippen molar-refractivity contribution in [3.63, 3.8) is 0 Å². The van der Waals surface area contributed by atoms with Gasteiger partial charge in [-0.3, -0.25) is 19.3 Å². The number of benzene rings is 2. The molecule has 2 aliphatic rings. The monoisotopic (exact) mass is 364 g/mol. The number of carbonyl (C=O) groups excluding carboxylic acids is 3. The van der Waals surface area contributed by atoms with E-state index in [2.05, 4.69) is 10.2 Å². The number of hydrogen-bond acceptors (Lipinski definition) is 5. The molecule has 1 atom stereocenters. The molecule has 2 aromatic carbocycles. The highest BCUT2D eigenvalue weighted by atomic mass is 16.5. The number of rotatable bonds is 3. The molecule has 1 saturated heterocycles. The van der Waals surface area contributed by atoms with E-state index in [1.807, 2.05) is 6.92 Å². The van der Waals surface area contributed by atoms with E-state index in [0.717, 1.165) is 0 Å². The average molecular weight is 364 g/mol. The third kappa shape index (κ3) is 3.18. The van der Waals surface area contributed by atoms with Gasteiger partial charge in [-0.1, -0.05) is 24.3 Å². The first kappa shape index (κ1) is 17.6. The lowest BCUT2D eigenvalue weighted by Crippen LogP contribution is -2.47. The Balaban J connectivity index is 1.57. The molecule has 6 nitrogen and oxygen atoms in total. The van der Waals surface area contributed by atoms with E-state index in [-0.39, 0.29) is 23.5 Å². The van der Waals surface area contributed by atoms with Crippen LogP contribution in [0.25, 0.3) is 0 Å². The maximum absolute atomic E-state index is 12.8. The number of anilines is 1. The maximum Gasteiger partial charge on any atom is 0.241 e. The van der Waals surface area contributed by atoms with Crippen LogP contribution in [0.2, 0.25) is 0 Å². The summed E-state index contributed by atoms with van der Waals surface area (Å²) in [6.07, 6.45) is 0. The first-order valence-electron chi connectivity index (χ1n) is 9.01. The summed E-state index contributed by atoms with van der Waals surface area (Å²) in [6.45, 7) is 4.51. The second-order valence-corrected chi connectivity index (χ2v) is 6.78. The van der Waals surface area contributed by atoms with Gasteiger partial charge in [0, 0.05) is 41.0 Å². The molecular weight excluding hydrogens is 344 g/mol. The summed E-state index contributed by atoms with van der Waals surface area (Å²) in [5.74, 6) is -0.510. The van der Waals surface area contributed by atoms with Crippen molar-refractivity contribution in [1.29, 1.82) is 0 Å². The van der Waals surface area contributed by atoms with Gasteiger partial charge in [0.25, 0.3) is 0 Å². The first-order chi connectivity index (χ1) is 13.1. The predicted octanol–water partition coefficient (Wildman–Crippen LogP) is 2.12. The van der Waals surface area contributed by atoms with Crippen LogP contribution >= 0.6 is 0 Å².